The van der Waals surface area contributed by atoms with Gasteiger partial charge >= 0.3 is 5.97 Å². The van der Waals surface area contributed by atoms with Crippen LogP contribution in [0.5, 0.6) is 0 Å². The number of carbonyl (C=O) groups is 2. The number of rotatable bonds is 9. The average molecular weight is 311 g/mol. The van der Waals surface area contributed by atoms with Gasteiger partial charge in [0.25, 0.3) is 0 Å². The highest BCUT2D eigenvalue weighted by Gasteiger charge is 2.17. The monoisotopic (exact) mass is 311 g/mol. The van der Waals surface area contributed by atoms with Crippen molar-refractivity contribution in [1.29, 1.82) is 0 Å². The minimum atomic E-state index is -0.723. The van der Waals surface area contributed by atoms with Gasteiger partial charge < -0.3 is 10.4 Å². The molecule has 0 aliphatic carbocycles. The predicted molar refractivity (Wildman–Crippen MR) is 86.8 cm³/mol. The van der Waals surface area contributed by atoms with Gasteiger partial charge in [0, 0.05) is 18.9 Å². The van der Waals surface area contributed by atoms with E-state index < -0.39 is 5.97 Å². The maximum Gasteiger partial charge on any atom is 0.303 e. The Morgan fingerprint density at radius 3 is 2.32 bits per heavy atom. The molecule has 2 atom stereocenters. The molecule has 6 heteroatoms. The number of unbranched alkanes of at least 4 members (excludes halogenated alkanes) is 5. The van der Waals surface area contributed by atoms with Gasteiger partial charge in [-0.15, -0.1) is 0 Å². The van der Waals surface area contributed by atoms with Crippen LogP contribution in [0.1, 0.15) is 71.6 Å². The molecule has 0 saturated heterocycles. The highest BCUT2D eigenvalue weighted by atomic mass is 16.4. The molecular weight excluding hydrogens is 282 g/mol. The Bertz CT molecular complexity index is 396. The second-order valence-corrected chi connectivity index (χ2v) is 6.17. The van der Waals surface area contributed by atoms with Gasteiger partial charge in [-0.3, -0.25) is 14.9 Å². The molecule has 6 nitrogen and oxygen atoms in total. The largest absolute Gasteiger partial charge is 0.481 e. The van der Waals surface area contributed by atoms with Crippen LogP contribution in [0.3, 0.4) is 0 Å². The van der Waals surface area contributed by atoms with E-state index in [1.807, 2.05) is 6.92 Å². The molecule has 1 aliphatic rings. The molecule has 1 amide bonds. The molecule has 22 heavy (non-hydrogen) atoms. The van der Waals surface area contributed by atoms with Gasteiger partial charge in [-0.05, 0) is 33.1 Å². The fourth-order valence-corrected chi connectivity index (χ4v) is 2.65. The van der Waals surface area contributed by atoms with E-state index in [4.69, 9.17) is 5.11 Å². The summed E-state index contributed by atoms with van der Waals surface area (Å²) in [5.74, 6) is -0.108. The maximum atomic E-state index is 11.8. The number of nitrogens with one attached hydrogen (secondary N) is 2. The Kier molecular flexibility index (Phi) is 8.55. The van der Waals surface area contributed by atoms with Gasteiger partial charge in [0.05, 0.1) is 6.04 Å². The van der Waals surface area contributed by atoms with Crippen LogP contribution in [0.15, 0.2) is 4.99 Å². The number of carbonyl (C=O) groups excluding carboxylic acids is 1. The van der Waals surface area contributed by atoms with Gasteiger partial charge in [-0.2, -0.15) is 0 Å². The van der Waals surface area contributed by atoms with Crippen LogP contribution < -0.4 is 10.6 Å². The number of nitrogens with zero attached hydrogens (tertiary/aromatic N) is 1. The number of aliphatic carboxylic acids is 1. The molecule has 0 aromatic rings. The molecule has 0 aromatic carbocycles. The third-order valence-corrected chi connectivity index (χ3v) is 3.73. The quantitative estimate of drug-likeness (QED) is 0.570. The van der Waals surface area contributed by atoms with Gasteiger partial charge in [-0.1, -0.05) is 25.7 Å². The summed E-state index contributed by atoms with van der Waals surface area (Å²) in [4.78, 5) is 26.6. The molecule has 0 radical (unpaired) electrons. The zero-order valence-electron chi connectivity index (χ0n) is 13.7. The lowest BCUT2D eigenvalue weighted by Gasteiger charge is -2.25. The Morgan fingerprint density at radius 2 is 1.73 bits per heavy atom. The summed E-state index contributed by atoms with van der Waals surface area (Å²) in [5.41, 5.74) is 0. The lowest BCUT2D eigenvalue weighted by molar-refractivity contribution is -0.137. The summed E-state index contributed by atoms with van der Waals surface area (Å²) >= 11 is 0. The van der Waals surface area contributed by atoms with Gasteiger partial charge in [0.15, 0.2) is 5.96 Å². The standard InChI is InChI=1S/C16H29N3O3/c1-12-11-13(2)18-16(17-12)19-14(20)9-7-5-3-4-6-8-10-15(21)22/h12-13H,3-11H2,1-2H3,(H,21,22)(H2,17,18,19,20)/t12-,13?/m0/s1. The zero-order chi connectivity index (χ0) is 16.4. The number of carboxylic acids is 1. The minimum absolute atomic E-state index is 0.0124. The van der Waals surface area contributed by atoms with Crippen molar-refractivity contribution in [3.05, 3.63) is 0 Å². The number of carboxylic acid groups (broad SMARTS) is 1. The minimum Gasteiger partial charge on any atom is -0.481 e. The average Bonchev–Trinajstić information content (AvgIpc) is 2.40. The molecule has 1 aliphatic heterocycles. The normalized spacial score (nSPS) is 20.9. The van der Waals surface area contributed by atoms with E-state index in [1.165, 1.54) is 0 Å². The molecule has 0 spiro atoms. The van der Waals surface area contributed by atoms with E-state index in [0.29, 0.717) is 18.4 Å². The first-order chi connectivity index (χ1) is 10.5. The fraction of sp³-hybridized carbons (Fsp3) is 0.812. The summed E-state index contributed by atoms with van der Waals surface area (Å²) in [6.45, 7) is 4.13. The van der Waals surface area contributed by atoms with Crippen molar-refractivity contribution in [1.82, 2.24) is 10.6 Å². The smallest absolute Gasteiger partial charge is 0.303 e. The molecule has 0 aromatic heterocycles. The molecule has 126 valence electrons. The molecule has 3 N–H and O–H groups in total. The summed E-state index contributed by atoms with van der Waals surface area (Å²) < 4.78 is 0. The number of hydrogen-bond donors (Lipinski definition) is 3. The Balaban J connectivity index is 2.03. The summed E-state index contributed by atoms with van der Waals surface area (Å²) in [6, 6.07) is 0.589. The van der Waals surface area contributed by atoms with Gasteiger partial charge in [-0.25, -0.2) is 4.99 Å². The fourth-order valence-electron chi connectivity index (χ4n) is 2.65. The maximum absolute atomic E-state index is 11.8. The van der Waals surface area contributed by atoms with Crippen molar-refractivity contribution < 1.29 is 14.7 Å². The van der Waals surface area contributed by atoms with E-state index in [-0.39, 0.29) is 18.4 Å². The van der Waals surface area contributed by atoms with E-state index >= 15 is 0 Å². The summed E-state index contributed by atoms with van der Waals surface area (Å²) in [6.07, 6.45) is 7.43. The van der Waals surface area contributed by atoms with Crippen molar-refractivity contribution in [3.63, 3.8) is 0 Å². The van der Waals surface area contributed by atoms with Crippen LogP contribution in [-0.2, 0) is 9.59 Å². The first-order valence-electron chi connectivity index (χ1n) is 8.33. The third kappa shape index (κ3) is 8.64. The zero-order valence-corrected chi connectivity index (χ0v) is 13.7. The van der Waals surface area contributed by atoms with E-state index in [1.54, 1.807) is 0 Å². The summed E-state index contributed by atoms with van der Waals surface area (Å²) in [5, 5.41) is 14.5. The number of hydrogen-bond acceptors (Lipinski definition) is 4. The van der Waals surface area contributed by atoms with Crippen LogP contribution in [0, 0.1) is 0 Å². The SMILES string of the molecule is CC1C[C@H](C)NC(NC(=O)CCCCCCCCC(=O)O)=N1. The lowest BCUT2D eigenvalue weighted by Crippen LogP contribution is -2.49. The van der Waals surface area contributed by atoms with Crippen molar-refractivity contribution in [2.45, 2.75) is 83.7 Å². The van der Waals surface area contributed by atoms with E-state index in [9.17, 15) is 9.59 Å². The molecule has 0 saturated carbocycles. The summed E-state index contributed by atoms with van der Waals surface area (Å²) in [7, 11) is 0. The van der Waals surface area contributed by atoms with Crippen LogP contribution in [-0.4, -0.2) is 35.0 Å². The second kappa shape index (κ2) is 10.2. The first kappa shape index (κ1) is 18.5. The van der Waals surface area contributed by atoms with Crippen LogP contribution >= 0.6 is 0 Å². The highest BCUT2D eigenvalue weighted by Crippen LogP contribution is 2.09. The van der Waals surface area contributed by atoms with E-state index in [0.717, 1.165) is 44.9 Å². The first-order valence-corrected chi connectivity index (χ1v) is 8.33. The molecule has 0 fully saturated rings. The highest BCUT2D eigenvalue weighted by molar-refractivity contribution is 5.97. The van der Waals surface area contributed by atoms with Crippen molar-refractivity contribution in [2.24, 2.45) is 4.99 Å². The molecule has 1 rings (SSSR count). The lowest BCUT2D eigenvalue weighted by atomic mass is 10.1. The Labute approximate surface area is 132 Å². The number of aliphatic imine (C=N–C) groups is 1. The van der Waals surface area contributed by atoms with Crippen LogP contribution in [0.4, 0.5) is 0 Å². The van der Waals surface area contributed by atoms with Crippen LogP contribution in [0.25, 0.3) is 0 Å². The number of amides is 1. The predicted octanol–water partition coefficient (Wildman–Crippen LogP) is 2.43. The number of guanidine groups is 1. The van der Waals surface area contributed by atoms with Crippen molar-refractivity contribution in [2.75, 3.05) is 0 Å². The van der Waals surface area contributed by atoms with Crippen molar-refractivity contribution >= 4 is 17.8 Å². The molecule has 1 unspecified atom stereocenters. The van der Waals surface area contributed by atoms with Gasteiger partial charge in [0.2, 0.25) is 5.91 Å². The van der Waals surface area contributed by atoms with E-state index in [2.05, 4.69) is 22.5 Å². The molecule has 0 bridgehead atoms. The Hall–Kier alpha value is -1.59. The third-order valence-electron chi connectivity index (χ3n) is 3.73. The van der Waals surface area contributed by atoms with Gasteiger partial charge in [0.1, 0.15) is 0 Å². The Morgan fingerprint density at radius 1 is 1.14 bits per heavy atom. The van der Waals surface area contributed by atoms with Crippen LogP contribution in [0.2, 0.25) is 0 Å². The molecular formula is C16H29N3O3. The van der Waals surface area contributed by atoms with Crippen molar-refractivity contribution in [3.8, 4) is 0 Å². The second-order valence-electron chi connectivity index (χ2n) is 6.17. The topological polar surface area (TPSA) is 90.8 Å². The molecule has 1 heterocycles.